The number of anilines is 1. The summed E-state index contributed by atoms with van der Waals surface area (Å²) in [5.74, 6) is -2.56. The normalized spacial score (nSPS) is 17.0. The van der Waals surface area contributed by atoms with E-state index in [4.69, 9.17) is 10.7 Å². The van der Waals surface area contributed by atoms with Crippen molar-refractivity contribution in [2.75, 3.05) is 11.4 Å². The maximum absolute atomic E-state index is 13.8. The summed E-state index contributed by atoms with van der Waals surface area (Å²) in [5.41, 5.74) is 8.72. The number of benzene rings is 2. The summed E-state index contributed by atoms with van der Waals surface area (Å²) in [7, 11) is 0. The van der Waals surface area contributed by atoms with Crippen molar-refractivity contribution in [3.63, 3.8) is 0 Å². The minimum atomic E-state index is -1.14. The molecule has 1 aliphatic rings. The van der Waals surface area contributed by atoms with Crippen LogP contribution in [0.15, 0.2) is 72.2 Å². The number of hydrogen-bond donors (Lipinski definition) is 2. The average Bonchev–Trinajstić information content (AvgIpc) is 2.97. The molecule has 1 aliphatic heterocycles. The highest BCUT2D eigenvalue weighted by Gasteiger charge is 2.37. The van der Waals surface area contributed by atoms with Crippen LogP contribution in [0.2, 0.25) is 0 Å². The van der Waals surface area contributed by atoms with Gasteiger partial charge < -0.3 is 16.0 Å². The number of para-hydroxylation sites is 1. The van der Waals surface area contributed by atoms with Crippen LogP contribution in [0.1, 0.15) is 51.2 Å². The van der Waals surface area contributed by atoms with Crippen molar-refractivity contribution in [2.45, 2.75) is 46.2 Å². The lowest BCUT2D eigenvalue weighted by molar-refractivity contribution is -0.135. The number of carbonyl (C=O) groups is 3. The second-order valence-electron chi connectivity index (χ2n) is 9.53. The molecule has 1 unspecified atom stereocenters. The Bertz CT molecular complexity index is 1130. The predicted molar refractivity (Wildman–Crippen MR) is 144 cm³/mol. The van der Waals surface area contributed by atoms with Gasteiger partial charge in [-0.2, -0.15) is 0 Å². The first-order chi connectivity index (χ1) is 17.3. The predicted octanol–water partition coefficient (Wildman–Crippen LogP) is 4.06. The fraction of sp³-hybridized carbons (Fsp3) is 0.379. The van der Waals surface area contributed by atoms with Crippen LogP contribution in [0.4, 0.5) is 5.69 Å². The third kappa shape index (κ3) is 6.08. The van der Waals surface area contributed by atoms with Gasteiger partial charge in [0.15, 0.2) is 0 Å². The Kier molecular flexibility index (Phi) is 9.17. The number of benzodiazepines with no additional fused rings is 1. The zero-order valence-corrected chi connectivity index (χ0v) is 21.3. The summed E-state index contributed by atoms with van der Waals surface area (Å²) in [4.78, 5) is 46.1. The first kappa shape index (κ1) is 26.9. The van der Waals surface area contributed by atoms with Crippen LogP contribution in [-0.4, -0.2) is 36.1 Å². The SMILES string of the molecule is C=CC[C@H](C(N)=O)[C@@H](CC(C)C)C(=O)NC1N=C(c2ccccc2)c2ccccc2N(CCC)C1=O. The fourth-order valence-corrected chi connectivity index (χ4v) is 4.67. The van der Waals surface area contributed by atoms with Gasteiger partial charge in [-0.05, 0) is 31.2 Å². The number of nitrogens with one attached hydrogen (secondary N) is 1. The van der Waals surface area contributed by atoms with Crippen molar-refractivity contribution in [3.05, 3.63) is 78.4 Å². The highest BCUT2D eigenvalue weighted by Crippen LogP contribution is 2.29. The molecule has 190 valence electrons. The second-order valence-corrected chi connectivity index (χ2v) is 9.53. The van der Waals surface area contributed by atoms with Crippen molar-refractivity contribution >= 4 is 29.1 Å². The standard InChI is InChI=1S/C29H36N4O3/c1-5-12-21(26(30)34)23(18-19(3)4)28(35)32-27-29(36)33(17-6-2)24-16-11-10-15-22(24)25(31-27)20-13-8-7-9-14-20/h5,7-11,13-16,19,21,23,27H,1,6,12,17-18H2,2-4H3,(H2,30,34)(H,32,35)/t21-,23+,27?/m0/s1. The summed E-state index contributed by atoms with van der Waals surface area (Å²) in [6.45, 7) is 10.2. The Morgan fingerprint density at radius 3 is 2.39 bits per heavy atom. The molecule has 2 aromatic rings. The van der Waals surface area contributed by atoms with Gasteiger partial charge in [-0.15, -0.1) is 6.58 Å². The maximum Gasteiger partial charge on any atom is 0.272 e. The van der Waals surface area contributed by atoms with E-state index in [1.165, 1.54) is 0 Å². The van der Waals surface area contributed by atoms with Gasteiger partial charge in [-0.3, -0.25) is 14.4 Å². The number of aliphatic imine (C=N–C) groups is 1. The molecule has 0 aliphatic carbocycles. The third-order valence-corrected chi connectivity index (χ3v) is 6.32. The molecule has 7 heteroatoms. The third-order valence-electron chi connectivity index (χ3n) is 6.32. The lowest BCUT2D eigenvalue weighted by Gasteiger charge is -2.28. The van der Waals surface area contributed by atoms with E-state index < -0.39 is 29.8 Å². The van der Waals surface area contributed by atoms with Crippen molar-refractivity contribution in [1.29, 1.82) is 0 Å². The second kappa shape index (κ2) is 12.3. The van der Waals surface area contributed by atoms with Crippen LogP contribution in [0.5, 0.6) is 0 Å². The fourth-order valence-electron chi connectivity index (χ4n) is 4.67. The Balaban J connectivity index is 2.08. The molecule has 0 spiro atoms. The Hall–Kier alpha value is -3.74. The van der Waals surface area contributed by atoms with Crippen LogP contribution in [0.25, 0.3) is 0 Å². The van der Waals surface area contributed by atoms with Gasteiger partial charge in [0, 0.05) is 17.7 Å². The smallest absolute Gasteiger partial charge is 0.272 e. The molecule has 3 amide bonds. The number of nitrogens with two attached hydrogens (primary N) is 1. The molecule has 36 heavy (non-hydrogen) atoms. The van der Waals surface area contributed by atoms with Crippen LogP contribution < -0.4 is 16.0 Å². The lowest BCUT2D eigenvalue weighted by atomic mass is 9.82. The minimum absolute atomic E-state index is 0.140. The monoisotopic (exact) mass is 488 g/mol. The summed E-state index contributed by atoms with van der Waals surface area (Å²) in [6, 6.07) is 17.3. The van der Waals surface area contributed by atoms with Crippen molar-refractivity contribution in [3.8, 4) is 0 Å². The maximum atomic E-state index is 13.8. The molecule has 0 bridgehead atoms. The molecule has 3 N–H and O–H groups in total. The van der Waals surface area contributed by atoms with E-state index in [0.29, 0.717) is 18.7 Å². The van der Waals surface area contributed by atoms with Crippen LogP contribution in [0.3, 0.4) is 0 Å². The van der Waals surface area contributed by atoms with Crippen molar-refractivity contribution in [2.24, 2.45) is 28.5 Å². The van der Waals surface area contributed by atoms with Crippen LogP contribution in [-0.2, 0) is 14.4 Å². The molecule has 3 rings (SSSR count). The minimum Gasteiger partial charge on any atom is -0.369 e. The highest BCUT2D eigenvalue weighted by molar-refractivity contribution is 6.20. The summed E-state index contributed by atoms with van der Waals surface area (Å²) in [6.07, 6.45) is 1.92. The molecule has 0 saturated carbocycles. The molecule has 0 radical (unpaired) electrons. The molecule has 0 aromatic heterocycles. The summed E-state index contributed by atoms with van der Waals surface area (Å²) >= 11 is 0. The van der Waals surface area contributed by atoms with Crippen molar-refractivity contribution < 1.29 is 14.4 Å². The topological polar surface area (TPSA) is 105 Å². The number of allylic oxidation sites excluding steroid dienone is 1. The van der Waals surface area contributed by atoms with E-state index in [2.05, 4.69) is 11.9 Å². The van der Waals surface area contributed by atoms with Crippen molar-refractivity contribution in [1.82, 2.24) is 5.32 Å². The molecule has 7 nitrogen and oxygen atoms in total. The van der Waals surface area contributed by atoms with Crippen LogP contribution >= 0.6 is 0 Å². The molecule has 0 saturated heterocycles. The zero-order chi connectivity index (χ0) is 26.2. The zero-order valence-electron chi connectivity index (χ0n) is 21.3. The Morgan fingerprint density at radius 2 is 1.78 bits per heavy atom. The molecular weight excluding hydrogens is 452 g/mol. The van der Waals surface area contributed by atoms with E-state index >= 15 is 0 Å². The summed E-state index contributed by atoms with van der Waals surface area (Å²) in [5, 5.41) is 2.87. The van der Waals surface area contributed by atoms with Gasteiger partial charge in [0.2, 0.25) is 18.0 Å². The largest absolute Gasteiger partial charge is 0.369 e. The van der Waals surface area contributed by atoms with Gasteiger partial charge in [-0.25, -0.2) is 4.99 Å². The van der Waals surface area contributed by atoms with Gasteiger partial charge in [0.25, 0.3) is 5.91 Å². The summed E-state index contributed by atoms with van der Waals surface area (Å²) < 4.78 is 0. The van der Waals surface area contributed by atoms with Crippen LogP contribution in [0, 0.1) is 17.8 Å². The van der Waals surface area contributed by atoms with Gasteiger partial charge in [0.1, 0.15) is 0 Å². The molecule has 0 fully saturated rings. The van der Waals surface area contributed by atoms with E-state index in [1.807, 2.05) is 75.4 Å². The molecule has 2 aromatic carbocycles. The van der Waals surface area contributed by atoms with E-state index in [0.717, 1.165) is 23.2 Å². The number of primary amides is 1. The molecular formula is C29H36N4O3. The number of rotatable bonds is 11. The first-order valence-corrected chi connectivity index (χ1v) is 12.5. The van der Waals surface area contributed by atoms with Gasteiger partial charge >= 0.3 is 0 Å². The quantitative estimate of drug-likeness (QED) is 0.466. The van der Waals surface area contributed by atoms with Gasteiger partial charge in [0.05, 0.1) is 23.2 Å². The number of fused-ring (bicyclic) bond motifs is 1. The van der Waals surface area contributed by atoms with E-state index in [1.54, 1.807) is 11.0 Å². The molecule has 1 heterocycles. The lowest BCUT2D eigenvalue weighted by Crippen LogP contribution is -2.51. The Labute approximate surface area is 213 Å². The first-order valence-electron chi connectivity index (χ1n) is 12.5. The number of amides is 3. The van der Waals surface area contributed by atoms with Gasteiger partial charge in [-0.1, -0.05) is 75.4 Å². The van der Waals surface area contributed by atoms with E-state index in [-0.39, 0.29) is 18.2 Å². The highest BCUT2D eigenvalue weighted by atomic mass is 16.2. The average molecular weight is 489 g/mol. The van der Waals surface area contributed by atoms with E-state index in [9.17, 15) is 14.4 Å². The number of hydrogen-bond acceptors (Lipinski definition) is 4. The molecule has 3 atom stereocenters. The number of carbonyl (C=O) groups excluding carboxylic acids is 3. The Morgan fingerprint density at radius 1 is 1.11 bits per heavy atom. The number of nitrogens with zero attached hydrogens (tertiary/aromatic N) is 2.